The molecule has 1 fully saturated rings. The molecule has 1 aromatic rings. The Hall–Kier alpha value is -1.36. The van der Waals surface area contributed by atoms with Gasteiger partial charge in [-0.1, -0.05) is 0 Å². The first-order chi connectivity index (χ1) is 7.76. The standard InChI is InChI=1S/C11H18N4O/c1-15(9(6-12)8-3-4-8)10-5-11(16-2)14-7-13-10/h5,7-9H,3-4,6,12H2,1-2H3. The van der Waals surface area contributed by atoms with Crippen LogP contribution < -0.4 is 15.4 Å². The van der Waals surface area contributed by atoms with Gasteiger partial charge < -0.3 is 15.4 Å². The number of methoxy groups -OCH3 is 1. The summed E-state index contributed by atoms with van der Waals surface area (Å²) < 4.78 is 5.09. The SMILES string of the molecule is COc1cc(N(C)C(CN)C2CC2)ncn1. The Morgan fingerprint density at radius 2 is 2.31 bits per heavy atom. The molecule has 5 nitrogen and oxygen atoms in total. The topological polar surface area (TPSA) is 64.3 Å². The summed E-state index contributed by atoms with van der Waals surface area (Å²) in [5, 5.41) is 0. The Kier molecular flexibility index (Phi) is 3.24. The Morgan fingerprint density at radius 1 is 1.56 bits per heavy atom. The molecule has 0 saturated heterocycles. The molecule has 0 radical (unpaired) electrons. The van der Waals surface area contributed by atoms with E-state index in [1.165, 1.54) is 19.2 Å². The van der Waals surface area contributed by atoms with Crippen LogP contribution in [0.5, 0.6) is 5.88 Å². The van der Waals surface area contributed by atoms with Crippen LogP contribution in [-0.2, 0) is 0 Å². The molecule has 88 valence electrons. The van der Waals surface area contributed by atoms with Crippen molar-refractivity contribution in [3.8, 4) is 5.88 Å². The summed E-state index contributed by atoms with van der Waals surface area (Å²) in [4.78, 5) is 10.4. The first-order valence-corrected chi connectivity index (χ1v) is 5.55. The summed E-state index contributed by atoms with van der Waals surface area (Å²) in [6.07, 6.45) is 4.06. The largest absolute Gasteiger partial charge is 0.481 e. The third kappa shape index (κ3) is 2.24. The van der Waals surface area contributed by atoms with Crippen molar-refractivity contribution in [2.45, 2.75) is 18.9 Å². The Balaban J connectivity index is 2.14. The first-order valence-electron chi connectivity index (χ1n) is 5.55. The molecule has 2 N–H and O–H groups in total. The van der Waals surface area contributed by atoms with Gasteiger partial charge in [0, 0.05) is 25.7 Å². The lowest BCUT2D eigenvalue weighted by Crippen LogP contribution is -2.40. The van der Waals surface area contributed by atoms with Crippen molar-refractivity contribution in [2.75, 3.05) is 25.6 Å². The van der Waals surface area contributed by atoms with Crippen LogP contribution in [-0.4, -0.2) is 36.7 Å². The van der Waals surface area contributed by atoms with E-state index in [-0.39, 0.29) is 0 Å². The van der Waals surface area contributed by atoms with E-state index in [4.69, 9.17) is 10.5 Å². The number of aromatic nitrogens is 2. The zero-order chi connectivity index (χ0) is 11.5. The highest BCUT2D eigenvalue weighted by Gasteiger charge is 2.33. The molecule has 0 aliphatic heterocycles. The lowest BCUT2D eigenvalue weighted by atomic mass is 10.1. The molecule has 0 aromatic carbocycles. The number of anilines is 1. The van der Waals surface area contributed by atoms with Crippen LogP contribution in [0.2, 0.25) is 0 Å². The van der Waals surface area contributed by atoms with E-state index in [0.717, 1.165) is 11.7 Å². The average molecular weight is 222 g/mol. The summed E-state index contributed by atoms with van der Waals surface area (Å²) in [5.41, 5.74) is 5.81. The number of hydrogen-bond donors (Lipinski definition) is 1. The fourth-order valence-corrected chi connectivity index (χ4v) is 1.95. The van der Waals surface area contributed by atoms with Crippen LogP contribution in [0, 0.1) is 5.92 Å². The minimum atomic E-state index is 0.375. The van der Waals surface area contributed by atoms with Gasteiger partial charge in [0.05, 0.1) is 7.11 Å². The van der Waals surface area contributed by atoms with Gasteiger partial charge in [0.2, 0.25) is 5.88 Å². The van der Waals surface area contributed by atoms with Gasteiger partial charge in [0.15, 0.2) is 0 Å². The maximum Gasteiger partial charge on any atom is 0.218 e. The number of nitrogens with zero attached hydrogens (tertiary/aromatic N) is 3. The summed E-state index contributed by atoms with van der Waals surface area (Å²) in [6.45, 7) is 0.660. The number of hydrogen-bond acceptors (Lipinski definition) is 5. The van der Waals surface area contributed by atoms with Gasteiger partial charge in [-0.15, -0.1) is 0 Å². The van der Waals surface area contributed by atoms with Crippen molar-refractivity contribution < 1.29 is 4.74 Å². The second-order valence-electron chi connectivity index (χ2n) is 4.17. The predicted octanol–water partition coefficient (Wildman–Crippen LogP) is 0.659. The molecule has 2 rings (SSSR count). The minimum absolute atomic E-state index is 0.375. The number of nitrogens with two attached hydrogens (primary N) is 1. The second kappa shape index (κ2) is 4.65. The van der Waals surface area contributed by atoms with Gasteiger partial charge in [0.1, 0.15) is 12.1 Å². The third-order valence-electron chi connectivity index (χ3n) is 3.10. The zero-order valence-corrected chi connectivity index (χ0v) is 9.76. The molecule has 0 bridgehead atoms. The van der Waals surface area contributed by atoms with Gasteiger partial charge in [-0.2, -0.15) is 0 Å². The van der Waals surface area contributed by atoms with Gasteiger partial charge in [-0.25, -0.2) is 9.97 Å². The van der Waals surface area contributed by atoms with E-state index in [1.54, 1.807) is 7.11 Å². The van der Waals surface area contributed by atoms with Crippen molar-refractivity contribution in [3.05, 3.63) is 12.4 Å². The Labute approximate surface area is 95.6 Å². The van der Waals surface area contributed by atoms with Crippen molar-refractivity contribution in [2.24, 2.45) is 11.7 Å². The van der Waals surface area contributed by atoms with Crippen molar-refractivity contribution in [3.63, 3.8) is 0 Å². The lowest BCUT2D eigenvalue weighted by Gasteiger charge is -2.28. The highest BCUT2D eigenvalue weighted by molar-refractivity contribution is 5.41. The Morgan fingerprint density at radius 3 is 2.88 bits per heavy atom. The van der Waals surface area contributed by atoms with Crippen LogP contribution in [0.3, 0.4) is 0 Å². The minimum Gasteiger partial charge on any atom is -0.481 e. The molecule has 1 aromatic heterocycles. The lowest BCUT2D eigenvalue weighted by molar-refractivity contribution is 0.396. The van der Waals surface area contributed by atoms with Crippen LogP contribution in [0.1, 0.15) is 12.8 Å². The maximum absolute atomic E-state index is 5.81. The van der Waals surface area contributed by atoms with Crippen LogP contribution >= 0.6 is 0 Å². The molecule has 1 unspecified atom stereocenters. The van der Waals surface area contributed by atoms with Gasteiger partial charge in [-0.3, -0.25) is 0 Å². The predicted molar refractivity (Wildman–Crippen MR) is 62.6 cm³/mol. The highest BCUT2D eigenvalue weighted by Crippen LogP contribution is 2.35. The molecule has 0 amide bonds. The highest BCUT2D eigenvalue weighted by atomic mass is 16.5. The zero-order valence-electron chi connectivity index (χ0n) is 9.76. The van der Waals surface area contributed by atoms with E-state index in [0.29, 0.717) is 18.5 Å². The number of likely N-dealkylation sites (N-methyl/N-ethyl adjacent to an activating group) is 1. The molecule has 1 heterocycles. The summed E-state index contributed by atoms with van der Waals surface area (Å²) in [6, 6.07) is 2.21. The van der Waals surface area contributed by atoms with Gasteiger partial charge in [0.25, 0.3) is 0 Å². The summed E-state index contributed by atoms with van der Waals surface area (Å²) >= 11 is 0. The van der Waals surface area contributed by atoms with E-state index < -0.39 is 0 Å². The fraction of sp³-hybridized carbons (Fsp3) is 0.636. The van der Waals surface area contributed by atoms with E-state index in [1.807, 2.05) is 13.1 Å². The molecule has 0 spiro atoms. The quantitative estimate of drug-likeness (QED) is 0.792. The van der Waals surface area contributed by atoms with Gasteiger partial charge in [-0.05, 0) is 18.8 Å². The number of ether oxygens (including phenoxy) is 1. The number of rotatable bonds is 5. The third-order valence-corrected chi connectivity index (χ3v) is 3.10. The van der Waals surface area contributed by atoms with Crippen molar-refractivity contribution >= 4 is 5.82 Å². The molecule has 16 heavy (non-hydrogen) atoms. The normalized spacial score (nSPS) is 16.9. The van der Waals surface area contributed by atoms with Crippen LogP contribution in [0.4, 0.5) is 5.82 Å². The molecule has 5 heteroatoms. The van der Waals surface area contributed by atoms with Crippen molar-refractivity contribution in [1.82, 2.24) is 9.97 Å². The molecule has 1 saturated carbocycles. The maximum atomic E-state index is 5.81. The van der Waals surface area contributed by atoms with E-state index in [2.05, 4.69) is 14.9 Å². The van der Waals surface area contributed by atoms with Gasteiger partial charge >= 0.3 is 0 Å². The monoisotopic (exact) mass is 222 g/mol. The van der Waals surface area contributed by atoms with Crippen LogP contribution in [0.15, 0.2) is 12.4 Å². The molecule has 1 aliphatic rings. The summed E-state index contributed by atoms with van der Waals surface area (Å²) in [7, 11) is 3.63. The van der Waals surface area contributed by atoms with Crippen LogP contribution in [0.25, 0.3) is 0 Å². The Bertz CT molecular complexity index is 354. The van der Waals surface area contributed by atoms with E-state index >= 15 is 0 Å². The summed E-state index contributed by atoms with van der Waals surface area (Å²) in [5.74, 6) is 2.17. The smallest absolute Gasteiger partial charge is 0.218 e. The molecular formula is C11H18N4O. The van der Waals surface area contributed by atoms with E-state index in [9.17, 15) is 0 Å². The molecule has 1 aliphatic carbocycles. The first kappa shape index (κ1) is 11.1. The fourth-order valence-electron chi connectivity index (χ4n) is 1.95. The molecule has 1 atom stereocenters. The second-order valence-corrected chi connectivity index (χ2v) is 4.17. The van der Waals surface area contributed by atoms with Crippen molar-refractivity contribution in [1.29, 1.82) is 0 Å². The molecular weight excluding hydrogens is 204 g/mol. The average Bonchev–Trinajstić information content (AvgIpc) is 3.14.